The van der Waals surface area contributed by atoms with Crippen LogP contribution in [0.2, 0.25) is 10.0 Å². The van der Waals surface area contributed by atoms with Gasteiger partial charge in [0.1, 0.15) is 38.4 Å². The van der Waals surface area contributed by atoms with Gasteiger partial charge in [-0.1, -0.05) is 29.3 Å². The van der Waals surface area contributed by atoms with Crippen molar-refractivity contribution < 1.29 is 19.1 Å². The maximum atomic E-state index is 6.03. The largest absolute Gasteiger partial charge is 0.488 e. The van der Waals surface area contributed by atoms with Crippen molar-refractivity contribution in [3.63, 3.8) is 0 Å². The van der Waals surface area contributed by atoms with E-state index in [1.54, 1.807) is 18.2 Å². The Kier molecular flexibility index (Phi) is 7.25. The summed E-state index contributed by atoms with van der Waals surface area (Å²) in [5.74, 6) is 0.524. The van der Waals surface area contributed by atoms with E-state index in [0.717, 1.165) is 19.6 Å². The average Bonchev–Trinajstić information content (AvgIpc) is 2.44. The molecule has 0 aliphatic carbocycles. The highest BCUT2D eigenvalue weighted by atomic mass is 35.5. The monoisotopic (exact) mass is 348 g/mol. The lowest BCUT2D eigenvalue weighted by atomic mass is 10.2. The standard InChI is InChI=1S/C16H23Cl2NO3/c1-12-10-19(11-13(2)22-12)6-7-20-8-9-21-16-14(17)4-3-5-15(16)18/h3-5,12-13H,6-11H2,1-2H3/p+1/t12-,13+. The number of hydrogen-bond acceptors (Lipinski definition) is 3. The Morgan fingerprint density at radius 2 is 1.73 bits per heavy atom. The summed E-state index contributed by atoms with van der Waals surface area (Å²) in [6.45, 7) is 9.00. The van der Waals surface area contributed by atoms with Crippen LogP contribution in [0.1, 0.15) is 13.8 Å². The van der Waals surface area contributed by atoms with E-state index in [-0.39, 0.29) is 0 Å². The van der Waals surface area contributed by atoms with Gasteiger partial charge in [-0.2, -0.15) is 0 Å². The molecule has 1 aliphatic rings. The van der Waals surface area contributed by atoms with Crippen LogP contribution < -0.4 is 9.64 Å². The second-order valence-electron chi connectivity index (χ2n) is 5.68. The van der Waals surface area contributed by atoms with Gasteiger partial charge in [-0.3, -0.25) is 0 Å². The van der Waals surface area contributed by atoms with Crippen LogP contribution in [0.15, 0.2) is 18.2 Å². The van der Waals surface area contributed by atoms with Gasteiger partial charge in [-0.25, -0.2) is 0 Å². The fourth-order valence-electron chi connectivity index (χ4n) is 2.73. The molecule has 0 aromatic heterocycles. The smallest absolute Gasteiger partial charge is 0.156 e. The summed E-state index contributed by atoms with van der Waals surface area (Å²) in [4.78, 5) is 1.53. The van der Waals surface area contributed by atoms with Crippen LogP contribution in [0.3, 0.4) is 0 Å². The first-order chi connectivity index (χ1) is 10.6. The summed E-state index contributed by atoms with van der Waals surface area (Å²) in [6.07, 6.45) is 0.647. The number of rotatable bonds is 7. The molecule has 0 saturated carbocycles. The topological polar surface area (TPSA) is 32.1 Å². The summed E-state index contributed by atoms with van der Waals surface area (Å²) in [6, 6.07) is 5.31. The Labute approximate surface area is 142 Å². The zero-order valence-corrected chi connectivity index (χ0v) is 14.6. The van der Waals surface area contributed by atoms with E-state index in [1.807, 2.05) is 0 Å². The third-order valence-corrected chi connectivity index (χ3v) is 4.21. The molecule has 1 aliphatic heterocycles. The number of ether oxygens (including phenoxy) is 3. The highest BCUT2D eigenvalue weighted by molar-refractivity contribution is 6.37. The Morgan fingerprint density at radius 3 is 2.36 bits per heavy atom. The minimum absolute atomic E-state index is 0.324. The third kappa shape index (κ3) is 5.60. The number of quaternary nitrogens is 1. The number of para-hydroxylation sites is 1. The van der Waals surface area contributed by atoms with Gasteiger partial charge in [0.2, 0.25) is 0 Å². The van der Waals surface area contributed by atoms with Crippen molar-refractivity contribution in [2.45, 2.75) is 26.1 Å². The molecule has 1 N–H and O–H groups in total. The van der Waals surface area contributed by atoms with E-state index in [2.05, 4.69) is 13.8 Å². The van der Waals surface area contributed by atoms with Crippen LogP contribution in [0.4, 0.5) is 0 Å². The Bertz CT molecular complexity index is 442. The second-order valence-corrected chi connectivity index (χ2v) is 6.49. The molecular formula is C16H24Cl2NO3+. The summed E-state index contributed by atoms with van der Waals surface area (Å²) in [5.41, 5.74) is 0. The molecule has 1 unspecified atom stereocenters. The van der Waals surface area contributed by atoms with Gasteiger partial charge in [0.25, 0.3) is 0 Å². The van der Waals surface area contributed by atoms with Crippen molar-refractivity contribution in [2.24, 2.45) is 0 Å². The molecule has 0 amide bonds. The minimum Gasteiger partial charge on any atom is -0.488 e. The van der Waals surface area contributed by atoms with Gasteiger partial charge in [0.05, 0.1) is 23.3 Å². The number of benzene rings is 1. The number of morpholine rings is 1. The van der Waals surface area contributed by atoms with E-state index >= 15 is 0 Å². The van der Waals surface area contributed by atoms with Crippen LogP contribution in [0.25, 0.3) is 0 Å². The normalized spacial score (nSPS) is 25.2. The van der Waals surface area contributed by atoms with Crippen LogP contribution in [0.5, 0.6) is 5.75 Å². The molecule has 3 atom stereocenters. The number of halogens is 2. The van der Waals surface area contributed by atoms with Crippen LogP contribution in [-0.4, -0.2) is 51.7 Å². The molecule has 0 spiro atoms. The molecule has 0 bridgehead atoms. The molecule has 1 aromatic carbocycles. The third-order valence-electron chi connectivity index (χ3n) is 3.61. The molecule has 124 valence electrons. The first kappa shape index (κ1) is 17.8. The zero-order valence-electron chi connectivity index (χ0n) is 13.1. The van der Waals surface area contributed by atoms with Gasteiger partial charge in [-0.15, -0.1) is 0 Å². The second kappa shape index (κ2) is 8.94. The summed E-state index contributed by atoms with van der Waals surface area (Å²) in [5, 5.41) is 1.04. The highest BCUT2D eigenvalue weighted by Crippen LogP contribution is 2.32. The van der Waals surface area contributed by atoms with Crippen molar-refractivity contribution in [3.8, 4) is 5.75 Å². The van der Waals surface area contributed by atoms with Crippen LogP contribution >= 0.6 is 23.2 Å². The van der Waals surface area contributed by atoms with E-state index in [9.17, 15) is 0 Å². The quantitative estimate of drug-likeness (QED) is 0.765. The Morgan fingerprint density at radius 1 is 1.09 bits per heavy atom. The first-order valence-electron chi connectivity index (χ1n) is 7.70. The fourth-order valence-corrected chi connectivity index (χ4v) is 3.24. The van der Waals surface area contributed by atoms with E-state index < -0.39 is 0 Å². The summed E-state index contributed by atoms with van der Waals surface area (Å²) in [7, 11) is 0. The van der Waals surface area contributed by atoms with E-state index in [0.29, 0.717) is 47.8 Å². The predicted octanol–water partition coefficient (Wildman–Crippen LogP) is 2.08. The Balaban J connectivity index is 1.60. The molecule has 22 heavy (non-hydrogen) atoms. The maximum Gasteiger partial charge on any atom is 0.156 e. The molecule has 1 heterocycles. The first-order valence-corrected chi connectivity index (χ1v) is 8.45. The predicted molar refractivity (Wildman–Crippen MR) is 88.3 cm³/mol. The van der Waals surface area contributed by atoms with Crippen LogP contribution in [-0.2, 0) is 9.47 Å². The average molecular weight is 349 g/mol. The van der Waals surface area contributed by atoms with Crippen molar-refractivity contribution >= 4 is 23.2 Å². The molecular weight excluding hydrogens is 325 g/mol. The van der Waals surface area contributed by atoms with Crippen molar-refractivity contribution in [2.75, 3.05) is 39.5 Å². The molecule has 1 saturated heterocycles. The lowest BCUT2D eigenvalue weighted by Gasteiger charge is -2.32. The van der Waals surface area contributed by atoms with Crippen LogP contribution in [0, 0.1) is 0 Å². The molecule has 6 heteroatoms. The summed E-state index contributed by atoms with van der Waals surface area (Å²) >= 11 is 12.1. The van der Waals surface area contributed by atoms with Crippen molar-refractivity contribution in [1.82, 2.24) is 0 Å². The van der Waals surface area contributed by atoms with Gasteiger partial charge >= 0.3 is 0 Å². The lowest BCUT2D eigenvalue weighted by Crippen LogP contribution is -3.15. The maximum absolute atomic E-state index is 6.03. The highest BCUT2D eigenvalue weighted by Gasteiger charge is 2.24. The number of nitrogens with one attached hydrogen (secondary N) is 1. The molecule has 4 nitrogen and oxygen atoms in total. The van der Waals surface area contributed by atoms with Crippen molar-refractivity contribution in [3.05, 3.63) is 28.2 Å². The molecule has 1 fully saturated rings. The van der Waals surface area contributed by atoms with E-state index in [4.69, 9.17) is 37.4 Å². The van der Waals surface area contributed by atoms with Gasteiger partial charge in [0, 0.05) is 0 Å². The fraction of sp³-hybridized carbons (Fsp3) is 0.625. The SMILES string of the molecule is C[C@@H]1C[NH+](CCOCCOc2c(Cl)cccc2Cl)C[C@H](C)O1. The molecule has 0 radical (unpaired) electrons. The Hall–Kier alpha value is -0.520. The van der Waals surface area contributed by atoms with Crippen molar-refractivity contribution in [1.29, 1.82) is 0 Å². The zero-order chi connectivity index (χ0) is 15.9. The minimum atomic E-state index is 0.324. The summed E-state index contributed by atoms with van der Waals surface area (Å²) < 4.78 is 16.9. The molecule has 2 rings (SSSR count). The molecule has 1 aromatic rings. The van der Waals surface area contributed by atoms with Gasteiger partial charge in [0.15, 0.2) is 5.75 Å². The van der Waals surface area contributed by atoms with E-state index in [1.165, 1.54) is 4.90 Å². The van der Waals surface area contributed by atoms with Gasteiger partial charge in [-0.05, 0) is 26.0 Å². The van der Waals surface area contributed by atoms with Gasteiger partial charge < -0.3 is 19.1 Å². The lowest BCUT2D eigenvalue weighted by molar-refractivity contribution is -0.915. The number of hydrogen-bond donors (Lipinski definition) is 1.